The first-order chi connectivity index (χ1) is 11.7. The van der Waals surface area contributed by atoms with Gasteiger partial charge in [0.2, 0.25) is 0 Å². The Kier molecular flexibility index (Phi) is 3.84. The van der Waals surface area contributed by atoms with E-state index in [1.54, 1.807) is 24.4 Å². The summed E-state index contributed by atoms with van der Waals surface area (Å²) in [5.41, 5.74) is 2.57. The molecule has 0 amide bonds. The smallest absolute Gasteiger partial charge is 0.357 e. The molecular formula is C18H14N2O3S. The normalized spacial score (nSPS) is 19.6. The SMILES string of the molecule is O=S(O)Oc1cccc(C2=NC3=c4ncccc4=CCC3C=C2)c1. The largest absolute Gasteiger partial charge is 0.380 e. The molecule has 2 atom stereocenters. The predicted molar refractivity (Wildman–Crippen MR) is 93.0 cm³/mol. The molecule has 1 aromatic carbocycles. The Hall–Kier alpha value is -2.57. The van der Waals surface area contributed by atoms with E-state index in [1.807, 2.05) is 24.3 Å². The lowest BCUT2D eigenvalue weighted by Crippen LogP contribution is -2.35. The first kappa shape index (κ1) is 15.0. The number of benzene rings is 1. The van der Waals surface area contributed by atoms with Crippen molar-refractivity contribution < 1.29 is 12.9 Å². The van der Waals surface area contributed by atoms with Gasteiger partial charge in [-0.2, -0.15) is 4.21 Å². The Morgan fingerprint density at radius 1 is 1.25 bits per heavy atom. The highest BCUT2D eigenvalue weighted by Gasteiger charge is 2.20. The molecule has 1 aliphatic carbocycles. The van der Waals surface area contributed by atoms with E-state index in [1.165, 1.54) is 0 Å². The highest BCUT2D eigenvalue weighted by atomic mass is 32.2. The highest BCUT2D eigenvalue weighted by Crippen LogP contribution is 2.26. The molecule has 5 nitrogen and oxygen atoms in total. The molecule has 2 unspecified atom stereocenters. The van der Waals surface area contributed by atoms with Crippen LogP contribution in [0.15, 0.2) is 59.7 Å². The van der Waals surface area contributed by atoms with Crippen LogP contribution in [-0.2, 0) is 11.4 Å². The van der Waals surface area contributed by atoms with Gasteiger partial charge in [-0.05, 0) is 35.9 Å². The standard InChI is InChI=1S/C18H14N2O3S/c21-24(22)23-15-5-1-3-14(11-15)16-9-8-13-7-6-12-4-2-10-19-17(12)18(13)20-16/h1-6,8-11,13H,7H2,(H,21,22). The number of aliphatic imine (C=N–C) groups is 1. The Balaban J connectivity index is 1.81. The maximum Gasteiger partial charge on any atom is 0.357 e. The lowest BCUT2D eigenvalue weighted by Gasteiger charge is -2.20. The van der Waals surface area contributed by atoms with Crippen molar-refractivity contribution in [2.24, 2.45) is 10.9 Å². The molecule has 2 aliphatic rings. The van der Waals surface area contributed by atoms with Gasteiger partial charge in [-0.15, -0.1) is 0 Å². The van der Waals surface area contributed by atoms with E-state index in [9.17, 15) is 4.21 Å². The molecule has 24 heavy (non-hydrogen) atoms. The Morgan fingerprint density at radius 2 is 2.17 bits per heavy atom. The second kappa shape index (κ2) is 6.14. The van der Waals surface area contributed by atoms with Gasteiger partial charge in [0, 0.05) is 17.7 Å². The van der Waals surface area contributed by atoms with Crippen LogP contribution in [0.2, 0.25) is 0 Å². The van der Waals surface area contributed by atoms with Crippen LogP contribution in [0, 0.1) is 5.92 Å². The number of hydrogen-bond acceptors (Lipinski definition) is 4. The van der Waals surface area contributed by atoms with Gasteiger partial charge in [-0.25, -0.2) is 4.99 Å². The van der Waals surface area contributed by atoms with E-state index in [4.69, 9.17) is 13.7 Å². The average molecular weight is 338 g/mol. The third kappa shape index (κ3) is 2.81. The van der Waals surface area contributed by atoms with Gasteiger partial charge in [0.1, 0.15) is 5.75 Å². The molecule has 1 N–H and O–H groups in total. The predicted octanol–water partition coefficient (Wildman–Crippen LogP) is 1.56. The molecule has 2 aromatic rings. The van der Waals surface area contributed by atoms with Crippen LogP contribution >= 0.6 is 0 Å². The second-order valence-corrected chi connectivity index (χ2v) is 6.16. The van der Waals surface area contributed by atoms with Gasteiger partial charge in [-0.3, -0.25) is 9.54 Å². The zero-order valence-electron chi connectivity index (χ0n) is 12.6. The Morgan fingerprint density at radius 3 is 3.04 bits per heavy atom. The number of rotatable bonds is 3. The van der Waals surface area contributed by atoms with Crippen LogP contribution in [0.5, 0.6) is 5.75 Å². The fourth-order valence-corrected chi connectivity index (χ4v) is 3.24. The van der Waals surface area contributed by atoms with Crippen molar-refractivity contribution in [3.8, 4) is 5.75 Å². The van der Waals surface area contributed by atoms with Crippen molar-refractivity contribution in [2.75, 3.05) is 0 Å². The Bertz CT molecular complexity index is 1010. The van der Waals surface area contributed by atoms with Crippen molar-refractivity contribution in [2.45, 2.75) is 6.42 Å². The van der Waals surface area contributed by atoms with Crippen LogP contribution in [0.4, 0.5) is 0 Å². The molecule has 0 saturated heterocycles. The summed E-state index contributed by atoms with van der Waals surface area (Å²) in [6.45, 7) is 0. The quantitative estimate of drug-likeness (QED) is 0.862. The molecule has 1 aromatic heterocycles. The van der Waals surface area contributed by atoms with E-state index in [0.717, 1.165) is 34.0 Å². The molecule has 1 aliphatic heterocycles. The van der Waals surface area contributed by atoms with Crippen LogP contribution in [0.1, 0.15) is 12.0 Å². The van der Waals surface area contributed by atoms with Crippen LogP contribution in [0.3, 0.4) is 0 Å². The number of nitrogens with zero attached hydrogens (tertiary/aromatic N) is 2. The summed E-state index contributed by atoms with van der Waals surface area (Å²) in [6, 6.07) is 11.0. The summed E-state index contributed by atoms with van der Waals surface area (Å²) >= 11 is -2.34. The summed E-state index contributed by atoms with van der Waals surface area (Å²) in [5, 5.41) is 2.02. The maximum atomic E-state index is 10.8. The molecule has 0 bridgehead atoms. The van der Waals surface area contributed by atoms with Gasteiger partial charge in [0.25, 0.3) is 0 Å². The molecule has 0 fully saturated rings. The minimum absolute atomic E-state index is 0.237. The molecule has 0 radical (unpaired) electrons. The lowest BCUT2D eigenvalue weighted by atomic mass is 9.92. The molecular weight excluding hydrogens is 324 g/mol. The molecule has 4 rings (SSSR count). The number of dihydropyridines is 1. The third-order valence-corrected chi connectivity index (χ3v) is 4.38. The summed E-state index contributed by atoms with van der Waals surface area (Å²) in [4.78, 5) is 9.29. The van der Waals surface area contributed by atoms with E-state index >= 15 is 0 Å². The minimum atomic E-state index is -2.34. The topological polar surface area (TPSA) is 71.8 Å². The average Bonchev–Trinajstić information content (AvgIpc) is 2.61. The Labute approximate surface area is 141 Å². The van der Waals surface area contributed by atoms with E-state index in [-0.39, 0.29) is 5.92 Å². The molecule has 2 heterocycles. The number of allylic oxidation sites excluding steroid dienone is 1. The number of pyridine rings is 1. The van der Waals surface area contributed by atoms with E-state index in [0.29, 0.717) is 5.75 Å². The maximum absolute atomic E-state index is 10.8. The molecule has 6 heteroatoms. The van der Waals surface area contributed by atoms with Crippen LogP contribution < -0.4 is 14.8 Å². The molecule has 120 valence electrons. The second-order valence-electron chi connectivity index (χ2n) is 5.56. The van der Waals surface area contributed by atoms with Gasteiger partial charge in [0.15, 0.2) is 0 Å². The molecule has 0 spiro atoms. The van der Waals surface area contributed by atoms with Crippen molar-refractivity contribution in [1.82, 2.24) is 4.98 Å². The van der Waals surface area contributed by atoms with Crippen molar-refractivity contribution in [3.05, 3.63) is 70.9 Å². The summed E-state index contributed by atoms with van der Waals surface area (Å²) in [7, 11) is 0. The summed E-state index contributed by atoms with van der Waals surface area (Å²) in [6.07, 6.45) is 8.98. The minimum Gasteiger partial charge on any atom is -0.380 e. The lowest BCUT2D eigenvalue weighted by molar-refractivity contribution is 0.458. The fourth-order valence-electron chi connectivity index (χ4n) is 2.97. The van der Waals surface area contributed by atoms with Gasteiger partial charge < -0.3 is 4.18 Å². The number of hydrogen-bond donors (Lipinski definition) is 1. The van der Waals surface area contributed by atoms with E-state index in [2.05, 4.69) is 17.1 Å². The fraction of sp³-hybridized carbons (Fsp3) is 0.111. The van der Waals surface area contributed by atoms with E-state index < -0.39 is 11.4 Å². The number of aromatic nitrogens is 1. The summed E-state index contributed by atoms with van der Waals surface area (Å²) in [5.74, 6) is 0.563. The zero-order valence-corrected chi connectivity index (χ0v) is 13.4. The highest BCUT2D eigenvalue weighted by molar-refractivity contribution is 7.74. The first-order valence-corrected chi connectivity index (χ1v) is 8.56. The third-order valence-electron chi connectivity index (χ3n) is 4.05. The first-order valence-electron chi connectivity index (χ1n) is 7.52. The van der Waals surface area contributed by atoms with Gasteiger partial charge in [-0.1, -0.05) is 30.4 Å². The van der Waals surface area contributed by atoms with Gasteiger partial charge in [0.05, 0.1) is 16.8 Å². The van der Waals surface area contributed by atoms with Crippen LogP contribution in [-0.4, -0.2) is 19.5 Å². The van der Waals surface area contributed by atoms with Crippen molar-refractivity contribution in [3.63, 3.8) is 0 Å². The van der Waals surface area contributed by atoms with Gasteiger partial charge >= 0.3 is 11.4 Å². The van der Waals surface area contributed by atoms with Crippen molar-refractivity contribution in [1.29, 1.82) is 0 Å². The monoisotopic (exact) mass is 338 g/mol. The molecule has 0 saturated carbocycles. The van der Waals surface area contributed by atoms with Crippen molar-refractivity contribution >= 4 is 28.8 Å². The van der Waals surface area contributed by atoms with Crippen LogP contribution in [0.25, 0.3) is 11.8 Å². The zero-order chi connectivity index (χ0) is 16.5. The number of fused-ring (bicyclic) bond motifs is 2. The summed E-state index contributed by atoms with van der Waals surface area (Å²) < 4.78 is 24.5.